The Labute approximate surface area is 102 Å². The molecule has 0 rings (SSSR count). The van der Waals surface area contributed by atoms with Gasteiger partial charge in [-0.15, -0.1) is 13.2 Å². The van der Waals surface area contributed by atoms with E-state index in [-0.39, 0.29) is 19.0 Å². The summed E-state index contributed by atoms with van der Waals surface area (Å²) >= 11 is 0. The topological polar surface area (TPSA) is 60.9 Å². The third kappa shape index (κ3) is 6.52. The first kappa shape index (κ1) is 15.4. The van der Waals surface area contributed by atoms with Crippen molar-refractivity contribution in [3.05, 3.63) is 25.3 Å². The van der Waals surface area contributed by atoms with Crippen LogP contribution in [0, 0.1) is 0 Å². The molecule has 0 aliphatic heterocycles. The summed E-state index contributed by atoms with van der Waals surface area (Å²) in [6, 6.07) is 0. The van der Waals surface area contributed by atoms with Gasteiger partial charge >= 0.3 is 5.97 Å². The maximum Gasteiger partial charge on any atom is 0.317 e. The maximum absolute atomic E-state index is 11.9. The predicted octanol–water partition coefficient (Wildman–Crippen LogP) is 0.593. The minimum Gasteiger partial charge on any atom is -0.480 e. The van der Waals surface area contributed by atoms with Crippen molar-refractivity contribution in [2.45, 2.75) is 6.92 Å². The molecule has 0 atom stereocenters. The second-order valence-corrected chi connectivity index (χ2v) is 3.57. The first-order valence-electron chi connectivity index (χ1n) is 5.48. The first-order valence-corrected chi connectivity index (χ1v) is 5.48. The van der Waals surface area contributed by atoms with Gasteiger partial charge in [0.25, 0.3) is 0 Å². The van der Waals surface area contributed by atoms with E-state index in [1.807, 2.05) is 6.92 Å². The third-order valence-electron chi connectivity index (χ3n) is 2.22. The quantitative estimate of drug-likeness (QED) is 0.599. The van der Waals surface area contributed by atoms with Gasteiger partial charge in [0.05, 0.1) is 13.1 Å². The minimum absolute atomic E-state index is 0.102. The molecule has 1 amide bonds. The summed E-state index contributed by atoms with van der Waals surface area (Å²) in [7, 11) is 0. The minimum atomic E-state index is -0.932. The highest BCUT2D eigenvalue weighted by Gasteiger charge is 2.16. The highest BCUT2D eigenvalue weighted by Crippen LogP contribution is 1.95. The Kier molecular flexibility index (Phi) is 7.71. The summed E-state index contributed by atoms with van der Waals surface area (Å²) in [5.41, 5.74) is 0. The molecule has 17 heavy (non-hydrogen) atoms. The molecular weight excluding hydrogens is 220 g/mol. The van der Waals surface area contributed by atoms with E-state index in [4.69, 9.17) is 5.11 Å². The normalized spacial score (nSPS) is 10.0. The van der Waals surface area contributed by atoms with Gasteiger partial charge in [0.15, 0.2) is 0 Å². The molecule has 0 saturated carbocycles. The Bertz CT molecular complexity index is 279. The van der Waals surface area contributed by atoms with Crippen LogP contribution < -0.4 is 0 Å². The van der Waals surface area contributed by atoms with Crippen LogP contribution in [-0.2, 0) is 9.59 Å². The van der Waals surface area contributed by atoms with Gasteiger partial charge in [-0.2, -0.15) is 0 Å². The van der Waals surface area contributed by atoms with Gasteiger partial charge < -0.3 is 10.0 Å². The van der Waals surface area contributed by atoms with Crippen molar-refractivity contribution in [2.75, 3.05) is 32.7 Å². The van der Waals surface area contributed by atoms with Crippen LogP contribution in [0.4, 0.5) is 0 Å². The molecule has 0 fully saturated rings. The van der Waals surface area contributed by atoms with E-state index in [9.17, 15) is 9.59 Å². The lowest BCUT2D eigenvalue weighted by molar-refractivity contribution is -0.139. The molecular formula is C12H20N2O3. The zero-order chi connectivity index (χ0) is 13.3. The van der Waals surface area contributed by atoms with Crippen molar-refractivity contribution in [3.8, 4) is 0 Å². The van der Waals surface area contributed by atoms with Crippen LogP contribution in [0.1, 0.15) is 6.92 Å². The summed E-state index contributed by atoms with van der Waals surface area (Å²) in [6.07, 6.45) is 3.27. The van der Waals surface area contributed by atoms with E-state index < -0.39 is 5.97 Å². The fourth-order valence-corrected chi connectivity index (χ4v) is 1.35. The Morgan fingerprint density at radius 3 is 2.06 bits per heavy atom. The predicted molar refractivity (Wildman–Crippen MR) is 66.7 cm³/mol. The van der Waals surface area contributed by atoms with E-state index in [2.05, 4.69) is 13.2 Å². The molecule has 0 aromatic heterocycles. The van der Waals surface area contributed by atoms with Gasteiger partial charge in [-0.05, 0) is 6.54 Å². The molecule has 0 saturated heterocycles. The number of carboxylic acid groups (broad SMARTS) is 1. The Morgan fingerprint density at radius 1 is 1.18 bits per heavy atom. The van der Waals surface area contributed by atoms with E-state index >= 15 is 0 Å². The summed E-state index contributed by atoms with van der Waals surface area (Å²) in [4.78, 5) is 25.6. The van der Waals surface area contributed by atoms with E-state index in [1.54, 1.807) is 22.0 Å². The summed E-state index contributed by atoms with van der Waals surface area (Å²) in [5.74, 6) is -1.05. The lowest BCUT2D eigenvalue weighted by atomic mass is 10.3. The van der Waals surface area contributed by atoms with Gasteiger partial charge in [-0.1, -0.05) is 19.1 Å². The summed E-state index contributed by atoms with van der Waals surface area (Å²) < 4.78 is 0. The average Bonchev–Trinajstić information content (AvgIpc) is 2.27. The number of rotatable bonds is 9. The van der Waals surface area contributed by atoms with Crippen LogP contribution in [0.15, 0.2) is 25.3 Å². The molecule has 0 heterocycles. The zero-order valence-electron chi connectivity index (χ0n) is 10.3. The van der Waals surface area contributed by atoms with Crippen molar-refractivity contribution in [1.82, 2.24) is 9.80 Å². The van der Waals surface area contributed by atoms with Crippen molar-refractivity contribution >= 4 is 11.9 Å². The Balaban J connectivity index is 4.38. The lowest BCUT2D eigenvalue weighted by Gasteiger charge is -2.24. The molecule has 5 heteroatoms. The van der Waals surface area contributed by atoms with Crippen LogP contribution in [0.5, 0.6) is 0 Å². The van der Waals surface area contributed by atoms with E-state index in [0.29, 0.717) is 19.6 Å². The molecule has 0 spiro atoms. The maximum atomic E-state index is 11.9. The van der Waals surface area contributed by atoms with Gasteiger partial charge in [0, 0.05) is 13.1 Å². The van der Waals surface area contributed by atoms with Crippen LogP contribution in [0.2, 0.25) is 0 Å². The van der Waals surface area contributed by atoms with Crippen molar-refractivity contribution in [1.29, 1.82) is 0 Å². The molecule has 0 aromatic carbocycles. The standard InChI is InChI=1S/C12H20N2O3/c1-4-7-14(8-5-2)11(15)9-13(6-3)10-12(16)17/h4-5H,1-2,6-10H2,3H3,(H,16,17). The SMILES string of the molecule is C=CCN(CC=C)C(=O)CN(CC)CC(=O)O. The first-order chi connectivity index (χ1) is 8.04. The molecule has 0 aromatic rings. The third-order valence-corrected chi connectivity index (χ3v) is 2.22. The smallest absolute Gasteiger partial charge is 0.317 e. The van der Waals surface area contributed by atoms with Crippen LogP contribution >= 0.6 is 0 Å². The van der Waals surface area contributed by atoms with E-state index in [1.165, 1.54) is 0 Å². The summed E-state index contributed by atoms with van der Waals surface area (Å²) in [5, 5.41) is 8.67. The van der Waals surface area contributed by atoms with E-state index in [0.717, 1.165) is 0 Å². The number of nitrogens with zero attached hydrogens (tertiary/aromatic N) is 2. The number of hydrogen-bond donors (Lipinski definition) is 1. The molecule has 0 aliphatic carbocycles. The largest absolute Gasteiger partial charge is 0.480 e. The van der Waals surface area contributed by atoms with Crippen molar-refractivity contribution in [2.24, 2.45) is 0 Å². The fourth-order valence-electron chi connectivity index (χ4n) is 1.35. The molecule has 0 unspecified atom stereocenters. The molecule has 96 valence electrons. The number of carboxylic acids is 1. The van der Waals surface area contributed by atoms with Gasteiger partial charge in [-0.25, -0.2) is 0 Å². The molecule has 0 aliphatic rings. The molecule has 5 nitrogen and oxygen atoms in total. The average molecular weight is 240 g/mol. The highest BCUT2D eigenvalue weighted by atomic mass is 16.4. The van der Waals surface area contributed by atoms with Crippen molar-refractivity contribution in [3.63, 3.8) is 0 Å². The van der Waals surface area contributed by atoms with Gasteiger partial charge in [0.1, 0.15) is 0 Å². The zero-order valence-corrected chi connectivity index (χ0v) is 10.3. The van der Waals surface area contributed by atoms with Crippen LogP contribution in [-0.4, -0.2) is 59.5 Å². The van der Waals surface area contributed by atoms with Crippen LogP contribution in [0.3, 0.4) is 0 Å². The second kappa shape index (κ2) is 8.52. The number of amides is 1. The van der Waals surface area contributed by atoms with Crippen molar-refractivity contribution < 1.29 is 14.7 Å². The Hall–Kier alpha value is -1.62. The fraction of sp³-hybridized carbons (Fsp3) is 0.500. The Morgan fingerprint density at radius 2 is 1.71 bits per heavy atom. The number of likely N-dealkylation sites (N-methyl/N-ethyl adjacent to an activating group) is 1. The summed E-state index contributed by atoms with van der Waals surface area (Å²) in [6.45, 7) is 10.4. The molecule has 1 N–H and O–H groups in total. The monoisotopic (exact) mass is 240 g/mol. The van der Waals surface area contributed by atoms with Crippen LogP contribution in [0.25, 0.3) is 0 Å². The van der Waals surface area contributed by atoms with Gasteiger partial charge in [0.2, 0.25) is 5.91 Å². The molecule has 0 radical (unpaired) electrons. The number of hydrogen-bond acceptors (Lipinski definition) is 3. The lowest BCUT2D eigenvalue weighted by Crippen LogP contribution is -2.42. The highest BCUT2D eigenvalue weighted by molar-refractivity contribution is 5.79. The van der Waals surface area contributed by atoms with Gasteiger partial charge in [-0.3, -0.25) is 14.5 Å². The molecule has 0 bridgehead atoms. The number of carbonyl (C=O) groups is 2. The second-order valence-electron chi connectivity index (χ2n) is 3.57. The number of aliphatic carboxylic acids is 1. The number of carbonyl (C=O) groups excluding carboxylic acids is 1.